The molecule has 0 saturated carbocycles. The molecule has 2 heterocycles. The standard InChI is InChI=1S/C14H22BrN3O2/c1-2-3-7-18-14(19)13(15)12(10-17-18)16-9-11-6-4-5-8-20-11/h10-11,16H,2-9H2,1H3. The van der Waals surface area contributed by atoms with Crippen molar-refractivity contribution in [2.24, 2.45) is 0 Å². The molecule has 112 valence electrons. The molecule has 1 aliphatic heterocycles. The minimum Gasteiger partial charge on any atom is -0.380 e. The molecular weight excluding hydrogens is 322 g/mol. The molecule has 1 saturated heterocycles. The number of ether oxygens (including phenoxy) is 1. The second-order valence-electron chi connectivity index (χ2n) is 5.12. The predicted molar refractivity (Wildman–Crippen MR) is 83.2 cm³/mol. The van der Waals surface area contributed by atoms with Gasteiger partial charge in [0.05, 0.1) is 18.0 Å². The highest BCUT2D eigenvalue weighted by Crippen LogP contribution is 2.18. The normalized spacial score (nSPS) is 19.0. The summed E-state index contributed by atoms with van der Waals surface area (Å²) in [7, 11) is 0. The molecule has 0 amide bonds. The zero-order valence-corrected chi connectivity index (χ0v) is 13.5. The van der Waals surface area contributed by atoms with Gasteiger partial charge in [0.1, 0.15) is 4.47 Å². The smallest absolute Gasteiger partial charge is 0.283 e. The van der Waals surface area contributed by atoms with Gasteiger partial charge in [0.15, 0.2) is 0 Å². The van der Waals surface area contributed by atoms with Crippen LogP contribution in [0.5, 0.6) is 0 Å². The van der Waals surface area contributed by atoms with E-state index in [-0.39, 0.29) is 11.7 Å². The van der Waals surface area contributed by atoms with Crippen LogP contribution in [0.3, 0.4) is 0 Å². The lowest BCUT2D eigenvalue weighted by molar-refractivity contribution is 0.0247. The third kappa shape index (κ3) is 4.06. The van der Waals surface area contributed by atoms with Gasteiger partial charge >= 0.3 is 0 Å². The van der Waals surface area contributed by atoms with E-state index in [9.17, 15) is 4.79 Å². The van der Waals surface area contributed by atoms with Crippen molar-refractivity contribution in [1.29, 1.82) is 0 Å². The number of aryl methyl sites for hydroxylation is 1. The lowest BCUT2D eigenvalue weighted by Crippen LogP contribution is -2.29. The molecular formula is C14H22BrN3O2. The van der Waals surface area contributed by atoms with Crippen molar-refractivity contribution in [3.05, 3.63) is 21.0 Å². The maximum Gasteiger partial charge on any atom is 0.283 e. The van der Waals surface area contributed by atoms with E-state index >= 15 is 0 Å². The highest BCUT2D eigenvalue weighted by atomic mass is 79.9. The van der Waals surface area contributed by atoms with E-state index in [1.807, 2.05) is 0 Å². The highest BCUT2D eigenvalue weighted by Gasteiger charge is 2.15. The van der Waals surface area contributed by atoms with Gasteiger partial charge in [-0.05, 0) is 41.6 Å². The van der Waals surface area contributed by atoms with E-state index in [1.165, 1.54) is 11.1 Å². The molecule has 1 N–H and O–H groups in total. The first-order chi connectivity index (χ1) is 9.72. The largest absolute Gasteiger partial charge is 0.380 e. The number of anilines is 1. The van der Waals surface area contributed by atoms with Crippen LogP contribution in [0.1, 0.15) is 39.0 Å². The Morgan fingerprint density at radius 2 is 2.40 bits per heavy atom. The Labute approximate surface area is 127 Å². The number of nitrogens with one attached hydrogen (secondary N) is 1. The Bertz CT molecular complexity index is 484. The van der Waals surface area contributed by atoms with Crippen molar-refractivity contribution in [3.8, 4) is 0 Å². The molecule has 1 atom stereocenters. The van der Waals surface area contributed by atoms with Crippen LogP contribution in [0.15, 0.2) is 15.5 Å². The van der Waals surface area contributed by atoms with Crippen molar-refractivity contribution in [1.82, 2.24) is 9.78 Å². The van der Waals surface area contributed by atoms with Crippen molar-refractivity contribution in [2.45, 2.75) is 51.7 Å². The van der Waals surface area contributed by atoms with E-state index in [4.69, 9.17) is 4.74 Å². The monoisotopic (exact) mass is 343 g/mol. The summed E-state index contributed by atoms with van der Waals surface area (Å²) in [6.07, 6.45) is 7.39. The summed E-state index contributed by atoms with van der Waals surface area (Å²) < 4.78 is 7.73. The third-order valence-electron chi connectivity index (χ3n) is 3.50. The molecule has 0 radical (unpaired) electrons. The van der Waals surface area contributed by atoms with Gasteiger partial charge in [0.2, 0.25) is 0 Å². The summed E-state index contributed by atoms with van der Waals surface area (Å²) >= 11 is 3.37. The number of nitrogens with zero attached hydrogens (tertiary/aromatic N) is 2. The molecule has 1 fully saturated rings. The molecule has 1 aliphatic rings. The van der Waals surface area contributed by atoms with Crippen LogP contribution >= 0.6 is 15.9 Å². The summed E-state index contributed by atoms with van der Waals surface area (Å²) in [6.45, 7) is 4.32. The van der Waals surface area contributed by atoms with Gasteiger partial charge in [0.25, 0.3) is 5.56 Å². The van der Waals surface area contributed by atoms with Crippen LogP contribution < -0.4 is 10.9 Å². The quantitative estimate of drug-likeness (QED) is 0.862. The van der Waals surface area contributed by atoms with Gasteiger partial charge in [-0.15, -0.1) is 0 Å². The van der Waals surface area contributed by atoms with E-state index in [0.717, 1.165) is 44.5 Å². The zero-order chi connectivity index (χ0) is 14.4. The average Bonchev–Trinajstić information content (AvgIpc) is 2.49. The molecule has 0 aliphatic carbocycles. The van der Waals surface area contributed by atoms with Crippen molar-refractivity contribution < 1.29 is 4.74 Å². The molecule has 0 bridgehead atoms. The maximum atomic E-state index is 12.1. The van der Waals surface area contributed by atoms with Crippen LogP contribution in [-0.4, -0.2) is 29.0 Å². The minimum atomic E-state index is -0.0759. The highest BCUT2D eigenvalue weighted by molar-refractivity contribution is 9.10. The molecule has 0 aromatic carbocycles. The van der Waals surface area contributed by atoms with E-state index in [1.54, 1.807) is 6.20 Å². The van der Waals surface area contributed by atoms with Crippen LogP contribution in [-0.2, 0) is 11.3 Å². The summed E-state index contributed by atoms with van der Waals surface area (Å²) in [5.41, 5.74) is 0.671. The number of hydrogen-bond acceptors (Lipinski definition) is 4. The van der Waals surface area contributed by atoms with Gasteiger partial charge in [0, 0.05) is 19.7 Å². The van der Waals surface area contributed by atoms with Crippen LogP contribution in [0.25, 0.3) is 0 Å². The van der Waals surface area contributed by atoms with E-state index < -0.39 is 0 Å². The number of hydrogen-bond donors (Lipinski definition) is 1. The molecule has 5 nitrogen and oxygen atoms in total. The summed E-state index contributed by atoms with van der Waals surface area (Å²) in [6, 6.07) is 0. The topological polar surface area (TPSA) is 56.1 Å². The Balaban J connectivity index is 1.97. The Kier molecular flexibility index (Phi) is 6.04. The van der Waals surface area contributed by atoms with Gasteiger partial charge < -0.3 is 10.1 Å². The molecule has 0 spiro atoms. The first kappa shape index (κ1) is 15.5. The first-order valence-corrected chi connectivity index (χ1v) is 8.12. The molecule has 1 unspecified atom stereocenters. The summed E-state index contributed by atoms with van der Waals surface area (Å²) in [5, 5.41) is 7.47. The fraction of sp³-hybridized carbons (Fsp3) is 0.714. The van der Waals surface area contributed by atoms with Crippen molar-refractivity contribution in [2.75, 3.05) is 18.5 Å². The SMILES string of the molecule is CCCCn1ncc(NCC2CCCCO2)c(Br)c1=O. The molecule has 20 heavy (non-hydrogen) atoms. The number of halogens is 1. The van der Waals surface area contributed by atoms with Crippen LogP contribution in [0, 0.1) is 0 Å². The van der Waals surface area contributed by atoms with Gasteiger partial charge in [-0.1, -0.05) is 13.3 Å². The van der Waals surface area contributed by atoms with Crippen molar-refractivity contribution in [3.63, 3.8) is 0 Å². The average molecular weight is 344 g/mol. The number of rotatable bonds is 6. The Morgan fingerprint density at radius 1 is 1.55 bits per heavy atom. The molecule has 1 aromatic heterocycles. The van der Waals surface area contributed by atoms with Gasteiger partial charge in [-0.3, -0.25) is 4.79 Å². The maximum absolute atomic E-state index is 12.1. The van der Waals surface area contributed by atoms with Crippen molar-refractivity contribution >= 4 is 21.6 Å². The second kappa shape index (κ2) is 7.78. The van der Waals surface area contributed by atoms with Crippen LogP contribution in [0.4, 0.5) is 5.69 Å². The Morgan fingerprint density at radius 3 is 3.10 bits per heavy atom. The summed E-state index contributed by atoms with van der Waals surface area (Å²) in [5.74, 6) is 0. The summed E-state index contributed by atoms with van der Waals surface area (Å²) in [4.78, 5) is 12.1. The Hall–Kier alpha value is -0.880. The second-order valence-corrected chi connectivity index (χ2v) is 5.92. The minimum absolute atomic E-state index is 0.0759. The lowest BCUT2D eigenvalue weighted by atomic mass is 10.1. The fourth-order valence-corrected chi connectivity index (χ4v) is 2.69. The van der Waals surface area contributed by atoms with Gasteiger partial charge in [-0.2, -0.15) is 5.10 Å². The number of aromatic nitrogens is 2. The molecule has 6 heteroatoms. The lowest BCUT2D eigenvalue weighted by Gasteiger charge is -2.23. The van der Waals surface area contributed by atoms with E-state index in [0.29, 0.717) is 11.0 Å². The molecule has 1 aromatic rings. The number of unbranched alkanes of at least 4 members (excludes halogenated alkanes) is 1. The third-order valence-corrected chi connectivity index (χ3v) is 4.27. The first-order valence-electron chi connectivity index (χ1n) is 7.33. The van der Waals surface area contributed by atoms with Gasteiger partial charge in [-0.25, -0.2) is 4.68 Å². The molecule has 2 rings (SSSR count). The zero-order valence-electron chi connectivity index (χ0n) is 11.9. The van der Waals surface area contributed by atoms with E-state index in [2.05, 4.69) is 33.3 Å². The fourth-order valence-electron chi connectivity index (χ4n) is 2.25. The predicted octanol–water partition coefficient (Wildman–Crippen LogP) is 2.79. The van der Waals surface area contributed by atoms with Crippen LogP contribution in [0.2, 0.25) is 0 Å².